The van der Waals surface area contributed by atoms with Gasteiger partial charge in [-0.15, -0.1) is 0 Å². The molecule has 0 bridgehead atoms. The van der Waals surface area contributed by atoms with Crippen molar-refractivity contribution in [3.8, 4) is 5.75 Å². The van der Waals surface area contributed by atoms with Crippen molar-refractivity contribution in [1.82, 2.24) is 0 Å². The SMILES string of the molecule is CCN(CC(=O)OC)c1cc(OC)ccc1C(N)=S. The van der Waals surface area contributed by atoms with Gasteiger partial charge in [-0.1, -0.05) is 12.2 Å². The third kappa shape index (κ3) is 3.82. The average molecular weight is 282 g/mol. The Morgan fingerprint density at radius 2 is 2.11 bits per heavy atom. The Balaban J connectivity index is 3.18. The third-order valence-electron chi connectivity index (χ3n) is 2.74. The molecule has 1 aromatic carbocycles. The van der Waals surface area contributed by atoms with Crippen molar-refractivity contribution in [2.45, 2.75) is 6.92 Å². The second kappa shape index (κ2) is 6.94. The number of nitrogens with zero attached hydrogens (tertiary/aromatic N) is 1. The van der Waals surface area contributed by atoms with Crippen LogP contribution in [0.5, 0.6) is 5.75 Å². The Hall–Kier alpha value is -1.82. The lowest BCUT2D eigenvalue weighted by Gasteiger charge is -2.24. The van der Waals surface area contributed by atoms with Gasteiger partial charge in [0.05, 0.1) is 19.9 Å². The van der Waals surface area contributed by atoms with Gasteiger partial charge in [0.2, 0.25) is 0 Å². The van der Waals surface area contributed by atoms with Crippen LogP contribution in [0, 0.1) is 0 Å². The van der Waals surface area contributed by atoms with Gasteiger partial charge in [-0.3, -0.25) is 4.79 Å². The molecule has 0 radical (unpaired) electrons. The number of esters is 1. The highest BCUT2D eigenvalue weighted by atomic mass is 32.1. The predicted molar refractivity (Wildman–Crippen MR) is 78.8 cm³/mol. The Labute approximate surface area is 118 Å². The number of carbonyl (C=O) groups excluding carboxylic acids is 1. The molecule has 0 saturated carbocycles. The fraction of sp³-hybridized carbons (Fsp3) is 0.385. The van der Waals surface area contributed by atoms with E-state index < -0.39 is 0 Å². The molecule has 104 valence electrons. The highest BCUT2D eigenvalue weighted by Gasteiger charge is 2.16. The summed E-state index contributed by atoms with van der Waals surface area (Å²) in [6, 6.07) is 5.38. The largest absolute Gasteiger partial charge is 0.497 e. The van der Waals surface area contributed by atoms with Crippen molar-refractivity contribution in [3.63, 3.8) is 0 Å². The van der Waals surface area contributed by atoms with Crippen LogP contribution in [0.4, 0.5) is 5.69 Å². The highest BCUT2D eigenvalue weighted by Crippen LogP contribution is 2.26. The van der Waals surface area contributed by atoms with Crippen LogP contribution in [0.1, 0.15) is 12.5 Å². The molecule has 0 fully saturated rings. The zero-order valence-corrected chi connectivity index (χ0v) is 12.1. The summed E-state index contributed by atoms with van der Waals surface area (Å²) in [5.41, 5.74) is 7.18. The number of ether oxygens (including phenoxy) is 2. The van der Waals surface area contributed by atoms with Crippen molar-refractivity contribution < 1.29 is 14.3 Å². The van der Waals surface area contributed by atoms with Crippen LogP contribution in [0.3, 0.4) is 0 Å². The van der Waals surface area contributed by atoms with Crippen molar-refractivity contribution in [2.24, 2.45) is 5.73 Å². The smallest absolute Gasteiger partial charge is 0.325 e. The Morgan fingerprint density at radius 1 is 1.42 bits per heavy atom. The lowest BCUT2D eigenvalue weighted by atomic mass is 10.1. The summed E-state index contributed by atoms with van der Waals surface area (Å²) in [6.45, 7) is 2.69. The van der Waals surface area contributed by atoms with Gasteiger partial charge < -0.3 is 20.1 Å². The van der Waals surface area contributed by atoms with Gasteiger partial charge in [0.1, 0.15) is 17.3 Å². The molecule has 5 nitrogen and oxygen atoms in total. The number of hydrogen-bond acceptors (Lipinski definition) is 5. The molecular weight excluding hydrogens is 264 g/mol. The van der Waals surface area contributed by atoms with Crippen LogP contribution in [0.15, 0.2) is 18.2 Å². The van der Waals surface area contributed by atoms with E-state index in [2.05, 4.69) is 4.74 Å². The lowest BCUT2D eigenvalue weighted by molar-refractivity contribution is -0.138. The minimum atomic E-state index is -0.321. The molecule has 0 amide bonds. The third-order valence-corrected chi connectivity index (χ3v) is 2.96. The molecule has 0 aliphatic heterocycles. The molecule has 0 spiro atoms. The molecule has 6 heteroatoms. The second-order valence-electron chi connectivity index (χ2n) is 3.84. The summed E-state index contributed by atoms with van der Waals surface area (Å²) in [4.78, 5) is 13.5. The number of methoxy groups -OCH3 is 2. The number of carbonyl (C=O) groups is 1. The second-order valence-corrected chi connectivity index (χ2v) is 4.28. The van der Waals surface area contributed by atoms with Gasteiger partial charge >= 0.3 is 5.97 Å². The van der Waals surface area contributed by atoms with E-state index in [0.29, 0.717) is 17.9 Å². The molecule has 0 unspecified atom stereocenters. The van der Waals surface area contributed by atoms with Gasteiger partial charge in [0, 0.05) is 18.2 Å². The summed E-state index contributed by atoms with van der Waals surface area (Å²) < 4.78 is 9.87. The molecule has 0 heterocycles. The predicted octanol–water partition coefficient (Wildman–Crippen LogP) is 1.33. The first-order valence-electron chi connectivity index (χ1n) is 5.83. The van der Waals surface area contributed by atoms with Crippen molar-refractivity contribution in [2.75, 3.05) is 32.2 Å². The monoisotopic (exact) mass is 282 g/mol. The first kappa shape index (κ1) is 15.2. The van der Waals surface area contributed by atoms with E-state index in [4.69, 9.17) is 22.7 Å². The molecule has 2 N–H and O–H groups in total. The van der Waals surface area contributed by atoms with Gasteiger partial charge in [0.25, 0.3) is 0 Å². The van der Waals surface area contributed by atoms with Crippen molar-refractivity contribution >= 4 is 28.9 Å². The normalized spacial score (nSPS) is 9.84. The van der Waals surface area contributed by atoms with E-state index >= 15 is 0 Å². The van der Waals surface area contributed by atoms with Crippen LogP contribution in [-0.2, 0) is 9.53 Å². The number of benzene rings is 1. The molecular formula is C13H18N2O3S. The van der Waals surface area contributed by atoms with E-state index in [1.54, 1.807) is 25.3 Å². The zero-order valence-electron chi connectivity index (χ0n) is 11.3. The average Bonchev–Trinajstić information content (AvgIpc) is 2.43. The van der Waals surface area contributed by atoms with Gasteiger partial charge in [-0.05, 0) is 19.1 Å². The van der Waals surface area contributed by atoms with Crippen LogP contribution in [-0.4, -0.2) is 38.3 Å². The maximum absolute atomic E-state index is 11.4. The fourth-order valence-corrected chi connectivity index (χ4v) is 1.87. The minimum absolute atomic E-state index is 0.135. The van der Waals surface area contributed by atoms with E-state index in [0.717, 1.165) is 5.69 Å². The van der Waals surface area contributed by atoms with Crippen LogP contribution in [0.25, 0.3) is 0 Å². The maximum Gasteiger partial charge on any atom is 0.325 e. The summed E-state index contributed by atoms with van der Waals surface area (Å²) >= 11 is 5.03. The Bertz CT molecular complexity index is 477. The molecule has 0 saturated heterocycles. The minimum Gasteiger partial charge on any atom is -0.497 e. The number of anilines is 1. The molecule has 0 atom stereocenters. The molecule has 0 aromatic heterocycles. The number of nitrogens with two attached hydrogens (primary N) is 1. The molecule has 0 aliphatic rings. The maximum atomic E-state index is 11.4. The van der Waals surface area contributed by atoms with E-state index in [1.165, 1.54) is 7.11 Å². The summed E-state index contributed by atoms with van der Waals surface area (Å²) in [6.07, 6.45) is 0. The molecule has 19 heavy (non-hydrogen) atoms. The van der Waals surface area contributed by atoms with E-state index in [-0.39, 0.29) is 17.5 Å². The quantitative estimate of drug-likeness (QED) is 0.627. The Morgan fingerprint density at radius 3 is 2.58 bits per heavy atom. The standard InChI is InChI=1S/C13H18N2O3S/c1-4-15(8-12(16)18-3)11-7-9(17-2)5-6-10(11)13(14)19/h5-7H,4,8H2,1-3H3,(H2,14,19). The molecule has 1 aromatic rings. The van der Waals surface area contributed by atoms with Gasteiger partial charge in [-0.2, -0.15) is 0 Å². The van der Waals surface area contributed by atoms with Crippen LogP contribution < -0.4 is 15.4 Å². The van der Waals surface area contributed by atoms with E-state index in [1.807, 2.05) is 11.8 Å². The number of rotatable bonds is 6. The summed E-state index contributed by atoms with van der Waals surface area (Å²) in [5, 5.41) is 0. The zero-order chi connectivity index (χ0) is 14.4. The van der Waals surface area contributed by atoms with Crippen LogP contribution in [0.2, 0.25) is 0 Å². The van der Waals surface area contributed by atoms with Crippen molar-refractivity contribution in [1.29, 1.82) is 0 Å². The van der Waals surface area contributed by atoms with Crippen molar-refractivity contribution in [3.05, 3.63) is 23.8 Å². The lowest BCUT2D eigenvalue weighted by Crippen LogP contribution is -2.32. The molecule has 0 aliphatic carbocycles. The fourth-order valence-electron chi connectivity index (χ4n) is 1.70. The van der Waals surface area contributed by atoms with E-state index in [9.17, 15) is 4.79 Å². The van der Waals surface area contributed by atoms with Gasteiger partial charge in [-0.25, -0.2) is 0 Å². The van der Waals surface area contributed by atoms with Gasteiger partial charge in [0.15, 0.2) is 0 Å². The highest BCUT2D eigenvalue weighted by molar-refractivity contribution is 7.80. The number of hydrogen-bond donors (Lipinski definition) is 1. The summed E-state index contributed by atoms with van der Waals surface area (Å²) in [5.74, 6) is 0.358. The first-order chi connectivity index (χ1) is 9.03. The number of thiocarbonyl (C=S) groups is 1. The topological polar surface area (TPSA) is 64.8 Å². The molecule has 1 rings (SSSR count). The summed E-state index contributed by atoms with van der Waals surface area (Å²) in [7, 11) is 2.94. The number of likely N-dealkylation sites (N-methyl/N-ethyl adjacent to an activating group) is 1. The van der Waals surface area contributed by atoms with Crippen LogP contribution >= 0.6 is 12.2 Å². The first-order valence-corrected chi connectivity index (χ1v) is 6.23. The Kier molecular flexibility index (Phi) is 5.57.